The fourth-order valence-corrected chi connectivity index (χ4v) is 1.17. The topological polar surface area (TPSA) is 61.8 Å². The van der Waals surface area contributed by atoms with E-state index in [1.165, 1.54) is 12.1 Å². The van der Waals surface area contributed by atoms with Crippen LogP contribution < -0.4 is 11.3 Å². The van der Waals surface area contributed by atoms with E-state index in [9.17, 15) is 0 Å². The van der Waals surface area contributed by atoms with Crippen molar-refractivity contribution in [3.05, 3.63) is 27.7 Å². The van der Waals surface area contributed by atoms with E-state index in [2.05, 4.69) is 5.43 Å². The molecule has 0 fully saturated rings. The van der Waals surface area contributed by atoms with E-state index >= 15 is 0 Å². The van der Waals surface area contributed by atoms with Crippen molar-refractivity contribution in [3.63, 3.8) is 0 Å². The minimum atomic E-state index is 0. The maximum absolute atomic E-state index is 8.56. The van der Waals surface area contributed by atoms with Gasteiger partial charge in [-0.15, -0.1) is 12.4 Å². The van der Waals surface area contributed by atoms with Crippen molar-refractivity contribution in [2.45, 2.75) is 0 Å². The second-order valence-corrected chi connectivity index (χ2v) is 2.88. The van der Waals surface area contributed by atoms with Crippen molar-refractivity contribution in [3.8, 4) is 6.07 Å². The second kappa shape index (κ2) is 5.15. The van der Waals surface area contributed by atoms with Gasteiger partial charge in [0.25, 0.3) is 0 Å². The first kappa shape index (κ1) is 12.3. The lowest BCUT2D eigenvalue weighted by Gasteiger charge is -2.03. The summed E-state index contributed by atoms with van der Waals surface area (Å²) in [5.74, 6) is 5.14. The molecular formula is C7H6Cl3N3. The number of halogens is 3. The predicted octanol–water partition coefficient (Wildman–Crippen LogP) is 2.57. The Labute approximate surface area is 91.8 Å². The van der Waals surface area contributed by atoms with Crippen LogP contribution in [-0.4, -0.2) is 0 Å². The SMILES string of the molecule is Cl.N#Cc1cc(Cl)c(NN)cc1Cl. The highest BCUT2D eigenvalue weighted by Crippen LogP contribution is 2.27. The van der Waals surface area contributed by atoms with Crippen LogP contribution in [-0.2, 0) is 0 Å². The molecular weight excluding hydrogens is 232 g/mol. The van der Waals surface area contributed by atoms with Gasteiger partial charge in [0.15, 0.2) is 0 Å². The van der Waals surface area contributed by atoms with Crippen molar-refractivity contribution in [2.75, 3.05) is 5.43 Å². The first-order valence-corrected chi connectivity index (χ1v) is 3.80. The highest BCUT2D eigenvalue weighted by atomic mass is 35.5. The third-order valence-electron chi connectivity index (χ3n) is 1.33. The van der Waals surface area contributed by atoms with Crippen LogP contribution in [0.5, 0.6) is 0 Å². The highest BCUT2D eigenvalue weighted by Gasteiger charge is 2.04. The number of hydrogen-bond acceptors (Lipinski definition) is 3. The quantitative estimate of drug-likeness (QED) is 0.584. The molecule has 1 aromatic carbocycles. The van der Waals surface area contributed by atoms with E-state index in [0.29, 0.717) is 21.3 Å². The molecule has 0 saturated heterocycles. The monoisotopic (exact) mass is 237 g/mol. The fourth-order valence-electron chi connectivity index (χ4n) is 0.743. The van der Waals surface area contributed by atoms with Crippen molar-refractivity contribution in [2.24, 2.45) is 5.84 Å². The Morgan fingerprint density at radius 1 is 1.31 bits per heavy atom. The minimum absolute atomic E-state index is 0. The molecule has 13 heavy (non-hydrogen) atoms. The summed E-state index contributed by atoms with van der Waals surface area (Å²) >= 11 is 11.4. The molecule has 6 heteroatoms. The maximum Gasteiger partial charge on any atom is 0.101 e. The van der Waals surface area contributed by atoms with Crippen molar-refractivity contribution >= 4 is 41.3 Å². The maximum atomic E-state index is 8.56. The number of nitrogen functional groups attached to an aromatic ring is 1. The summed E-state index contributed by atoms with van der Waals surface area (Å²) in [6.07, 6.45) is 0. The van der Waals surface area contributed by atoms with E-state index in [4.69, 9.17) is 34.3 Å². The molecule has 0 saturated carbocycles. The number of nitriles is 1. The number of hydrogen-bond donors (Lipinski definition) is 2. The lowest BCUT2D eigenvalue weighted by molar-refractivity contribution is 1.35. The summed E-state index contributed by atoms with van der Waals surface area (Å²) < 4.78 is 0. The lowest BCUT2D eigenvalue weighted by atomic mass is 10.2. The smallest absolute Gasteiger partial charge is 0.101 e. The molecule has 0 spiro atoms. The van der Waals surface area contributed by atoms with E-state index < -0.39 is 0 Å². The van der Waals surface area contributed by atoms with Crippen LogP contribution in [0.4, 0.5) is 5.69 Å². The number of benzene rings is 1. The first-order valence-electron chi connectivity index (χ1n) is 3.04. The number of nitrogens with zero attached hydrogens (tertiary/aromatic N) is 1. The molecule has 1 rings (SSSR count). The zero-order valence-corrected chi connectivity index (χ0v) is 8.67. The lowest BCUT2D eigenvalue weighted by Crippen LogP contribution is -2.07. The van der Waals surface area contributed by atoms with Gasteiger partial charge in [-0.2, -0.15) is 5.26 Å². The Hall–Kier alpha value is -0.660. The summed E-state index contributed by atoms with van der Waals surface area (Å²) in [4.78, 5) is 0. The molecule has 0 aromatic heterocycles. The standard InChI is InChI=1S/C7H5Cl2N3.ClH/c8-5-2-7(12-11)6(9)1-4(5)3-10;/h1-2,12H,11H2;1H. The number of nitrogens with two attached hydrogens (primary N) is 1. The molecule has 0 atom stereocenters. The van der Waals surface area contributed by atoms with Gasteiger partial charge in [-0.25, -0.2) is 0 Å². The van der Waals surface area contributed by atoms with Crippen LogP contribution in [0.25, 0.3) is 0 Å². The Balaban J connectivity index is 0.00000144. The van der Waals surface area contributed by atoms with Gasteiger partial charge in [0, 0.05) is 0 Å². The number of anilines is 1. The van der Waals surface area contributed by atoms with Gasteiger partial charge in [-0.1, -0.05) is 23.2 Å². The predicted molar refractivity (Wildman–Crippen MR) is 56.2 cm³/mol. The van der Waals surface area contributed by atoms with Gasteiger partial charge in [0.1, 0.15) is 6.07 Å². The van der Waals surface area contributed by atoms with Crippen molar-refractivity contribution in [1.82, 2.24) is 0 Å². The van der Waals surface area contributed by atoms with Crippen LogP contribution in [0.2, 0.25) is 10.0 Å². The molecule has 0 heterocycles. The normalized spacial score (nSPS) is 8.46. The Kier molecular flexibility index (Phi) is 4.89. The van der Waals surface area contributed by atoms with Crippen LogP contribution in [0.3, 0.4) is 0 Å². The summed E-state index contributed by atoms with van der Waals surface area (Å²) in [6, 6.07) is 4.86. The average Bonchev–Trinajstić information content (AvgIpc) is 2.08. The summed E-state index contributed by atoms with van der Waals surface area (Å²) in [7, 11) is 0. The first-order chi connectivity index (χ1) is 5.69. The van der Waals surface area contributed by atoms with Gasteiger partial charge in [-0.05, 0) is 12.1 Å². The van der Waals surface area contributed by atoms with Crippen LogP contribution in [0.15, 0.2) is 12.1 Å². The molecule has 0 aliphatic carbocycles. The van der Waals surface area contributed by atoms with Crippen molar-refractivity contribution in [1.29, 1.82) is 5.26 Å². The summed E-state index contributed by atoms with van der Waals surface area (Å²) in [5, 5.41) is 9.26. The van der Waals surface area contributed by atoms with Gasteiger partial charge in [0.05, 0.1) is 21.3 Å². The van der Waals surface area contributed by atoms with Crippen LogP contribution in [0.1, 0.15) is 5.56 Å². The summed E-state index contributed by atoms with van der Waals surface area (Å²) in [6.45, 7) is 0. The van der Waals surface area contributed by atoms with E-state index in [-0.39, 0.29) is 12.4 Å². The van der Waals surface area contributed by atoms with Crippen LogP contribution >= 0.6 is 35.6 Å². The molecule has 3 N–H and O–H groups in total. The number of nitrogens with one attached hydrogen (secondary N) is 1. The summed E-state index contributed by atoms with van der Waals surface area (Å²) in [5.41, 5.74) is 3.20. The molecule has 0 unspecified atom stereocenters. The van der Waals surface area contributed by atoms with Gasteiger partial charge >= 0.3 is 0 Å². The molecule has 0 amide bonds. The van der Waals surface area contributed by atoms with E-state index in [1.807, 2.05) is 6.07 Å². The molecule has 0 bridgehead atoms. The zero-order chi connectivity index (χ0) is 9.14. The number of rotatable bonds is 1. The number of hydrazine groups is 1. The molecule has 70 valence electrons. The largest absolute Gasteiger partial charge is 0.323 e. The Morgan fingerprint density at radius 3 is 2.38 bits per heavy atom. The van der Waals surface area contributed by atoms with Crippen molar-refractivity contribution < 1.29 is 0 Å². The molecule has 1 aromatic rings. The van der Waals surface area contributed by atoms with E-state index in [1.54, 1.807) is 0 Å². The highest BCUT2D eigenvalue weighted by molar-refractivity contribution is 6.36. The van der Waals surface area contributed by atoms with Gasteiger partial charge in [0.2, 0.25) is 0 Å². The fraction of sp³-hybridized carbons (Fsp3) is 0. The molecule has 3 nitrogen and oxygen atoms in total. The average molecular weight is 239 g/mol. The van der Waals surface area contributed by atoms with Gasteiger partial charge in [-0.3, -0.25) is 5.84 Å². The third-order valence-corrected chi connectivity index (χ3v) is 1.96. The Morgan fingerprint density at radius 2 is 1.92 bits per heavy atom. The van der Waals surface area contributed by atoms with Crippen LogP contribution in [0, 0.1) is 11.3 Å². The third kappa shape index (κ3) is 2.64. The van der Waals surface area contributed by atoms with Gasteiger partial charge < -0.3 is 5.43 Å². The second-order valence-electron chi connectivity index (χ2n) is 2.07. The molecule has 0 aliphatic rings. The Bertz CT molecular complexity index is 345. The minimum Gasteiger partial charge on any atom is -0.323 e. The molecule has 0 radical (unpaired) electrons. The van der Waals surface area contributed by atoms with E-state index in [0.717, 1.165) is 0 Å². The molecule has 0 aliphatic heterocycles. The zero-order valence-electron chi connectivity index (χ0n) is 6.34.